The number of hydrogen-bond acceptors (Lipinski definition) is 2. The molecule has 0 N–H and O–H groups in total. The van der Waals surface area contributed by atoms with E-state index in [2.05, 4.69) is 175 Å². The number of allylic oxidation sites excluding steroid dienone is 4. The molecule has 54 heavy (non-hydrogen) atoms. The Kier molecular flexibility index (Phi) is 7.63. The molecule has 254 valence electrons. The van der Waals surface area contributed by atoms with E-state index >= 15 is 0 Å². The van der Waals surface area contributed by atoms with Crippen molar-refractivity contribution in [3.63, 3.8) is 0 Å². The molecule has 10 aromatic rings. The summed E-state index contributed by atoms with van der Waals surface area (Å²) in [4.78, 5) is 5.06. The Morgan fingerprint density at radius 1 is 0.519 bits per heavy atom. The Morgan fingerprint density at radius 3 is 2.00 bits per heavy atom. The summed E-state index contributed by atoms with van der Waals surface area (Å²) < 4.78 is 8.47. The second-order valence-electron chi connectivity index (χ2n) is 13.6. The molecule has 0 atom stereocenters. The van der Waals surface area contributed by atoms with E-state index in [1.807, 2.05) is 30.3 Å². The zero-order chi connectivity index (χ0) is 36.0. The van der Waals surface area contributed by atoms with Gasteiger partial charge in [-0.25, -0.2) is 4.98 Å². The molecule has 0 saturated carbocycles. The fraction of sp³-hybridized carbons (Fsp3) is 0. The maximum absolute atomic E-state index is 6.15. The third-order valence-electron chi connectivity index (χ3n) is 10.4. The van der Waals surface area contributed by atoms with E-state index in [1.165, 1.54) is 21.5 Å². The number of aromatic nitrogens is 2. The summed E-state index contributed by atoms with van der Waals surface area (Å²) >= 11 is 0. The first kappa shape index (κ1) is 31.5. The minimum absolute atomic E-state index is 0.884. The topological polar surface area (TPSA) is 31.0 Å². The molecule has 0 aliphatic rings. The number of benzene rings is 7. The molecule has 0 fully saturated rings. The van der Waals surface area contributed by atoms with Gasteiger partial charge in [0.25, 0.3) is 0 Å². The van der Waals surface area contributed by atoms with Gasteiger partial charge in [-0.05, 0) is 99.8 Å². The third-order valence-corrected chi connectivity index (χ3v) is 10.4. The smallest absolute Gasteiger partial charge is 0.135 e. The lowest BCUT2D eigenvalue weighted by Gasteiger charge is -2.10. The number of pyridine rings is 1. The van der Waals surface area contributed by atoms with Crippen molar-refractivity contribution in [3.8, 4) is 33.5 Å². The van der Waals surface area contributed by atoms with Crippen molar-refractivity contribution in [2.24, 2.45) is 0 Å². The van der Waals surface area contributed by atoms with Crippen molar-refractivity contribution in [3.05, 3.63) is 200 Å². The van der Waals surface area contributed by atoms with Crippen LogP contribution in [0.15, 0.2) is 199 Å². The van der Waals surface area contributed by atoms with Crippen LogP contribution in [-0.2, 0) is 0 Å². The van der Waals surface area contributed by atoms with E-state index in [9.17, 15) is 0 Å². The second kappa shape index (κ2) is 13.1. The molecule has 0 bridgehead atoms. The summed E-state index contributed by atoms with van der Waals surface area (Å²) in [6.07, 6.45) is 8.24. The largest absolute Gasteiger partial charge is 0.456 e. The van der Waals surface area contributed by atoms with Crippen LogP contribution in [-0.4, -0.2) is 9.55 Å². The average Bonchev–Trinajstić information content (AvgIpc) is 3.78. The minimum Gasteiger partial charge on any atom is -0.456 e. The van der Waals surface area contributed by atoms with Crippen molar-refractivity contribution in [1.82, 2.24) is 9.55 Å². The molecule has 0 unspecified atom stereocenters. The number of rotatable bonds is 7. The van der Waals surface area contributed by atoms with E-state index in [-0.39, 0.29) is 0 Å². The van der Waals surface area contributed by atoms with E-state index < -0.39 is 0 Å². The molecule has 3 heterocycles. The number of nitrogens with zero attached hydrogens (tertiary/aromatic N) is 2. The molecule has 7 aromatic carbocycles. The summed E-state index contributed by atoms with van der Waals surface area (Å²) in [5.74, 6) is 0. The lowest BCUT2D eigenvalue weighted by Crippen LogP contribution is -1.94. The fourth-order valence-electron chi connectivity index (χ4n) is 7.82. The highest BCUT2D eigenvalue weighted by Crippen LogP contribution is 2.40. The van der Waals surface area contributed by atoms with Gasteiger partial charge < -0.3 is 8.98 Å². The molecule has 0 aliphatic carbocycles. The fourth-order valence-corrected chi connectivity index (χ4v) is 7.82. The Morgan fingerprint density at radius 2 is 1.19 bits per heavy atom. The first-order valence-electron chi connectivity index (χ1n) is 18.2. The quantitative estimate of drug-likeness (QED) is 0.156. The number of fused-ring (bicyclic) bond motifs is 8. The maximum Gasteiger partial charge on any atom is 0.135 e. The van der Waals surface area contributed by atoms with Gasteiger partial charge in [0.05, 0.1) is 22.4 Å². The van der Waals surface area contributed by atoms with Gasteiger partial charge in [-0.15, -0.1) is 0 Å². The summed E-state index contributed by atoms with van der Waals surface area (Å²) in [7, 11) is 0. The van der Waals surface area contributed by atoms with Gasteiger partial charge in [-0.2, -0.15) is 0 Å². The lowest BCUT2D eigenvalue weighted by atomic mass is 9.99. The van der Waals surface area contributed by atoms with Gasteiger partial charge in [-0.1, -0.05) is 134 Å². The highest BCUT2D eigenvalue weighted by molar-refractivity contribution is 6.22. The summed E-state index contributed by atoms with van der Waals surface area (Å²) in [5.41, 5.74) is 12.5. The molecule has 10 rings (SSSR count). The molecule has 3 nitrogen and oxygen atoms in total. The van der Waals surface area contributed by atoms with Gasteiger partial charge in [-0.3, -0.25) is 0 Å². The van der Waals surface area contributed by atoms with Crippen molar-refractivity contribution in [2.45, 2.75) is 0 Å². The van der Waals surface area contributed by atoms with Crippen LogP contribution in [0.25, 0.3) is 99.8 Å². The van der Waals surface area contributed by atoms with Crippen LogP contribution in [0.3, 0.4) is 0 Å². The molecule has 0 saturated heterocycles. The Bertz CT molecular complexity index is 3050. The molecule has 0 aliphatic heterocycles. The highest BCUT2D eigenvalue weighted by atomic mass is 16.3. The third kappa shape index (κ3) is 5.42. The van der Waals surface area contributed by atoms with Crippen molar-refractivity contribution in [1.29, 1.82) is 0 Å². The molecule has 3 heteroatoms. The standard InChI is InChI=1S/C51H34N2O/c1-2-41(20-13-19-40-30-39(34-14-5-3-6-15-34)33-46(52-40)36-17-7-4-8-18-36)53-47-27-25-37(32-45(47)51-42-21-10-9-16-35(42)24-28-48(51)53)38-26-29-50-44(31-38)43-22-11-12-23-49(43)54-50/h2-33H,1H2/b19-13+,41-20+. The number of hydrogen-bond donors (Lipinski definition) is 0. The van der Waals surface area contributed by atoms with Crippen LogP contribution in [0.4, 0.5) is 0 Å². The molecule has 0 spiro atoms. The zero-order valence-corrected chi connectivity index (χ0v) is 29.5. The molecule has 0 radical (unpaired) electrons. The van der Waals surface area contributed by atoms with Crippen LogP contribution < -0.4 is 0 Å². The Labute approximate surface area is 313 Å². The Hall–Kier alpha value is -7.23. The van der Waals surface area contributed by atoms with Gasteiger partial charge in [0.2, 0.25) is 0 Å². The monoisotopic (exact) mass is 690 g/mol. The first-order chi connectivity index (χ1) is 26.7. The van der Waals surface area contributed by atoms with Gasteiger partial charge in [0, 0.05) is 32.8 Å². The second-order valence-corrected chi connectivity index (χ2v) is 13.6. The predicted molar refractivity (Wildman–Crippen MR) is 228 cm³/mol. The van der Waals surface area contributed by atoms with Crippen molar-refractivity contribution < 1.29 is 4.42 Å². The number of furan rings is 1. The molecular formula is C51H34N2O. The highest BCUT2D eigenvalue weighted by Gasteiger charge is 2.17. The van der Waals surface area contributed by atoms with E-state index in [0.717, 1.165) is 77.9 Å². The summed E-state index contributed by atoms with van der Waals surface area (Å²) in [6, 6.07) is 59.8. The number of para-hydroxylation sites is 1. The Balaban J connectivity index is 1.11. The minimum atomic E-state index is 0.884. The maximum atomic E-state index is 6.15. The molecular weight excluding hydrogens is 657 g/mol. The van der Waals surface area contributed by atoms with Crippen molar-refractivity contribution >= 4 is 66.3 Å². The van der Waals surface area contributed by atoms with Crippen LogP contribution in [0.2, 0.25) is 0 Å². The average molecular weight is 691 g/mol. The van der Waals surface area contributed by atoms with Crippen molar-refractivity contribution in [2.75, 3.05) is 0 Å². The van der Waals surface area contributed by atoms with Gasteiger partial charge in [0.15, 0.2) is 0 Å². The van der Waals surface area contributed by atoms with Crippen LogP contribution in [0.1, 0.15) is 5.69 Å². The zero-order valence-electron chi connectivity index (χ0n) is 29.5. The van der Waals surface area contributed by atoms with E-state index in [4.69, 9.17) is 9.40 Å². The first-order valence-corrected chi connectivity index (χ1v) is 18.2. The molecule has 3 aromatic heterocycles. The summed E-state index contributed by atoms with van der Waals surface area (Å²) in [5, 5.41) is 7.11. The predicted octanol–water partition coefficient (Wildman–Crippen LogP) is 14.0. The van der Waals surface area contributed by atoms with Gasteiger partial charge in [0.1, 0.15) is 11.2 Å². The van der Waals surface area contributed by atoms with Crippen LogP contribution in [0.5, 0.6) is 0 Å². The lowest BCUT2D eigenvalue weighted by molar-refractivity contribution is 0.669. The van der Waals surface area contributed by atoms with Gasteiger partial charge >= 0.3 is 0 Å². The summed E-state index contributed by atoms with van der Waals surface area (Å²) in [6.45, 7) is 4.29. The molecule has 0 amide bonds. The normalized spacial score (nSPS) is 12.2. The SMILES string of the molecule is C=C/C(=C\C=C\c1cc(-c2ccccc2)cc(-c2ccccc2)n1)n1c2ccc(-c3ccc4oc5ccccc5c4c3)cc2c2c3ccccc3ccc21. The van der Waals surface area contributed by atoms with E-state index in [1.54, 1.807) is 0 Å². The van der Waals surface area contributed by atoms with Crippen LogP contribution in [0, 0.1) is 0 Å². The van der Waals surface area contributed by atoms with E-state index in [0.29, 0.717) is 0 Å². The van der Waals surface area contributed by atoms with Crippen LogP contribution >= 0.6 is 0 Å².